The molecule has 1 fully saturated rings. The van der Waals surface area contributed by atoms with E-state index in [1.807, 2.05) is 25.1 Å². The third-order valence-electron chi connectivity index (χ3n) is 6.06. The van der Waals surface area contributed by atoms with Crippen LogP contribution in [0.15, 0.2) is 47.0 Å². The predicted octanol–water partition coefficient (Wildman–Crippen LogP) is 4.74. The van der Waals surface area contributed by atoms with E-state index in [-0.39, 0.29) is 23.7 Å². The molecule has 1 aliphatic heterocycles. The van der Waals surface area contributed by atoms with Crippen molar-refractivity contribution in [1.29, 1.82) is 0 Å². The minimum Gasteiger partial charge on any atom is -0.349 e. The van der Waals surface area contributed by atoms with Gasteiger partial charge in [0.1, 0.15) is 5.82 Å². The quantitative estimate of drug-likeness (QED) is 0.458. The van der Waals surface area contributed by atoms with E-state index in [1.165, 1.54) is 24.3 Å². The lowest BCUT2D eigenvalue weighted by Crippen LogP contribution is -2.46. The summed E-state index contributed by atoms with van der Waals surface area (Å²) < 4.78 is 18.5. The molecule has 0 aliphatic carbocycles. The van der Waals surface area contributed by atoms with Crippen molar-refractivity contribution in [3.05, 3.63) is 70.0 Å². The van der Waals surface area contributed by atoms with Crippen LogP contribution in [0.3, 0.4) is 0 Å². The van der Waals surface area contributed by atoms with Crippen LogP contribution < -0.4 is 5.32 Å². The van der Waals surface area contributed by atoms with Crippen LogP contribution in [0.25, 0.3) is 21.7 Å². The first-order valence-corrected chi connectivity index (χ1v) is 11.9. The largest absolute Gasteiger partial charge is 0.349 e. The summed E-state index contributed by atoms with van der Waals surface area (Å²) in [5, 5.41) is 7.65. The van der Waals surface area contributed by atoms with Gasteiger partial charge in [-0.2, -0.15) is 0 Å². The Morgan fingerprint density at radius 3 is 2.53 bits per heavy atom. The molecule has 0 unspecified atom stereocenters. The molecule has 174 valence electrons. The van der Waals surface area contributed by atoms with Crippen LogP contribution in [0.4, 0.5) is 4.39 Å². The van der Waals surface area contributed by atoms with Crippen molar-refractivity contribution in [2.45, 2.75) is 32.7 Å². The number of fused-ring (bicyclic) bond motifs is 1. The number of amides is 2. The maximum Gasteiger partial charge on any atom is 0.259 e. The van der Waals surface area contributed by atoms with E-state index in [0.717, 1.165) is 9.75 Å². The van der Waals surface area contributed by atoms with E-state index < -0.39 is 0 Å². The third kappa shape index (κ3) is 4.31. The lowest BCUT2D eigenvalue weighted by atomic mass is 10.0. The Kier molecular flexibility index (Phi) is 5.87. The van der Waals surface area contributed by atoms with Gasteiger partial charge in [0.05, 0.1) is 27.2 Å². The topological polar surface area (TPSA) is 88.3 Å². The number of pyridine rings is 1. The van der Waals surface area contributed by atoms with Gasteiger partial charge in [-0.25, -0.2) is 9.37 Å². The monoisotopic (exact) mass is 478 g/mol. The summed E-state index contributed by atoms with van der Waals surface area (Å²) in [6, 6.07) is 11.2. The molecule has 34 heavy (non-hydrogen) atoms. The molecule has 4 aromatic rings. The number of halogens is 1. The first-order chi connectivity index (χ1) is 16.4. The second-order valence-electron chi connectivity index (χ2n) is 8.46. The summed E-state index contributed by atoms with van der Waals surface area (Å²) in [6.45, 7) is 4.84. The number of rotatable bonds is 4. The molecule has 9 heteroatoms. The number of nitrogens with one attached hydrogen (secondary N) is 1. The van der Waals surface area contributed by atoms with E-state index in [4.69, 9.17) is 4.52 Å². The average molecular weight is 479 g/mol. The molecule has 4 heterocycles. The van der Waals surface area contributed by atoms with Crippen LogP contribution in [0.5, 0.6) is 0 Å². The predicted molar refractivity (Wildman–Crippen MR) is 127 cm³/mol. The fourth-order valence-electron chi connectivity index (χ4n) is 4.23. The zero-order valence-corrected chi connectivity index (χ0v) is 19.6. The number of thiophene rings is 1. The molecule has 3 aromatic heterocycles. The highest BCUT2D eigenvalue weighted by molar-refractivity contribution is 7.15. The number of hydrogen-bond donors (Lipinski definition) is 1. The van der Waals surface area contributed by atoms with E-state index in [2.05, 4.69) is 15.5 Å². The van der Waals surface area contributed by atoms with E-state index in [9.17, 15) is 14.0 Å². The first kappa shape index (κ1) is 22.2. The molecule has 1 aromatic carbocycles. The third-order valence-corrected chi connectivity index (χ3v) is 7.09. The van der Waals surface area contributed by atoms with Gasteiger partial charge in [0.2, 0.25) is 0 Å². The summed E-state index contributed by atoms with van der Waals surface area (Å²) in [4.78, 5) is 34.5. The lowest BCUT2D eigenvalue weighted by molar-refractivity contribution is 0.0700. The summed E-state index contributed by atoms with van der Waals surface area (Å²) in [5.74, 6) is -0.720. The van der Waals surface area contributed by atoms with Crippen molar-refractivity contribution in [1.82, 2.24) is 20.4 Å². The Morgan fingerprint density at radius 2 is 1.85 bits per heavy atom. The number of carbonyl (C=O) groups is 2. The smallest absolute Gasteiger partial charge is 0.259 e. The second kappa shape index (κ2) is 8.98. The van der Waals surface area contributed by atoms with Crippen molar-refractivity contribution < 1.29 is 18.5 Å². The SMILES string of the molecule is Cc1ccc(-c2cc(C(=O)N3CCC(NC(=O)c4ccc(F)cc4)CC3)c3c(C)noc3n2)s1. The number of benzene rings is 1. The second-order valence-corrected chi connectivity index (χ2v) is 9.75. The van der Waals surface area contributed by atoms with Gasteiger partial charge in [-0.3, -0.25) is 9.59 Å². The van der Waals surface area contributed by atoms with Gasteiger partial charge in [0.25, 0.3) is 17.5 Å². The molecule has 0 atom stereocenters. The number of likely N-dealkylation sites (tertiary alicyclic amines) is 1. The maximum absolute atomic E-state index is 13.5. The highest BCUT2D eigenvalue weighted by Crippen LogP contribution is 2.32. The molecule has 0 radical (unpaired) electrons. The highest BCUT2D eigenvalue weighted by atomic mass is 32.1. The summed E-state index contributed by atoms with van der Waals surface area (Å²) in [5.41, 5.74) is 2.61. The number of hydrogen-bond acceptors (Lipinski definition) is 6. The zero-order chi connectivity index (χ0) is 23.8. The van der Waals surface area contributed by atoms with Gasteiger partial charge in [0, 0.05) is 29.6 Å². The van der Waals surface area contributed by atoms with E-state index in [0.29, 0.717) is 59.5 Å². The normalized spacial score (nSPS) is 14.5. The van der Waals surface area contributed by atoms with Gasteiger partial charge < -0.3 is 14.7 Å². The average Bonchev–Trinajstić information content (AvgIpc) is 3.44. The molecular formula is C25H23FN4O3S. The zero-order valence-electron chi connectivity index (χ0n) is 18.8. The van der Waals surface area contributed by atoms with Gasteiger partial charge in [-0.15, -0.1) is 11.3 Å². The number of nitrogens with zero attached hydrogens (tertiary/aromatic N) is 3. The molecule has 7 nitrogen and oxygen atoms in total. The van der Waals surface area contributed by atoms with E-state index in [1.54, 1.807) is 23.2 Å². The minimum atomic E-state index is -0.381. The maximum atomic E-state index is 13.5. The number of piperidine rings is 1. The van der Waals surface area contributed by atoms with Gasteiger partial charge in [-0.05, 0) is 69.2 Å². The standard InChI is InChI=1S/C25H23FN4O3S/c1-14-3-8-21(34-14)20-13-19(22-15(2)29-33-24(22)28-20)25(32)30-11-9-18(10-12-30)27-23(31)16-4-6-17(26)7-5-16/h3-8,13,18H,9-12H2,1-2H3,(H,27,31). The molecule has 2 amide bonds. The molecule has 1 aliphatic rings. The Hall–Kier alpha value is -3.59. The molecular weight excluding hydrogens is 455 g/mol. The van der Waals surface area contributed by atoms with E-state index >= 15 is 0 Å². The minimum absolute atomic E-state index is 0.0546. The van der Waals surface area contributed by atoms with Crippen LogP contribution in [0.2, 0.25) is 0 Å². The van der Waals surface area contributed by atoms with Crippen LogP contribution in [-0.4, -0.2) is 46.0 Å². The fourth-order valence-corrected chi connectivity index (χ4v) is 5.06. The fraction of sp³-hybridized carbons (Fsp3) is 0.280. The van der Waals surface area contributed by atoms with Gasteiger partial charge >= 0.3 is 0 Å². The van der Waals surface area contributed by atoms with Crippen molar-refractivity contribution in [2.75, 3.05) is 13.1 Å². The Balaban J connectivity index is 1.32. The van der Waals surface area contributed by atoms with Crippen LogP contribution >= 0.6 is 11.3 Å². The summed E-state index contributed by atoms with van der Waals surface area (Å²) >= 11 is 1.61. The van der Waals surface area contributed by atoms with Crippen LogP contribution in [0, 0.1) is 19.7 Å². The van der Waals surface area contributed by atoms with Gasteiger partial charge in [-0.1, -0.05) is 5.16 Å². The Bertz CT molecular complexity index is 1370. The van der Waals surface area contributed by atoms with Crippen LogP contribution in [-0.2, 0) is 0 Å². The first-order valence-electron chi connectivity index (χ1n) is 11.1. The van der Waals surface area contributed by atoms with Crippen molar-refractivity contribution in [2.24, 2.45) is 0 Å². The molecule has 1 N–H and O–H groups in total. The highest BCUT2D eigenvalue weighted by Gasteiger charge is 2.28. The molecule has 5 rings (SSSR count). The van der Waals surface area contributed by atoms with Crippen molar-refractivity contribution in [3.63, 3.8) is 0 Å². The molecule has 0 saturated carbocycles. The van der Waals surface area contributed by atoms with Gasteiger partial charge in [0.15, 0.2) is 0 Å². The number of aryl methyl sites for hydroxylation is 2. The Morgan fingerprint density at radius 1 is 1.12 bits per heavy atom. The van der Waals surface area contributed by atoms with Crippen molar-refractivity contribution in [3.8, 4) is 10.6 Å². The number of carbonyl (C=O) groups excluding carboxylic acids is 2. The van der Waals surface area contributed by atoms with Crippen molar-refractivity contribution >= 4 is 34.3 Å². The number of aromatic nitrogens is 2. The molecule has 0 spiro atoms. The summed E-state index contributed by atoms with van der Waals surface area (Å²) in [6.07, 6.45) is 1.26. The summed E-state index contributed by atoms with van der Waals surface area (Å²) in [7, 11) is 0. The Labute approximate surface area is 199 Å². The molecule has 1 saturated heterocycles. The lowest BCUT2D eigenvalue weighted by Gasteiger charge is -2.32. The van der Waals surface area contributed by atoms with Crippen LogP contribution in [0.1, 0.15) is 44.1 Å². The molecule has 0 bridgehead atoms.